The fourth-order valence-corrected chi connectivity index (χ4v) is 3.10. The van der Waals surface area contributed by atoms with E-state index >= 15 is 0 Å². The monoisotopic (exact) mass is 375 g/mol. The maximum Gasteiger partial charge on any atom is 0.231 e. The molecule has 1 N–H and O–H groups in total. The molecule has 0 saturated carbocycles. The second kappa shape index (κ2) is 5.66. The number of benzene rings is 2. The largest absolute Gasteiger partial charge is 0.454 e. The summed E-state index contributed by atoms with van der Waals surface area (Å²) in [4.78, 5) is 8.19. The van der Waals surface area contributed by atoms with Gasteiger partial charge in [-0.25, -0.2) is 14.4 Å². The number of nitrogens with one attached hydrogen (secondary N) is 1. The van der Waals surface area contributed by atoms with Gasteiger partial charge in [-0.3, -0.25) is 0 Å². The first-order valence-corrected chi connectivity index (χ1v) is 7.73. The van der Waals surface area contributed by atoms with Crippen LogP contribution in [0.4, 0.5) is 10.2 Å². The summed E-state index contributed by atoms with van der Waals surface area (Å²) in [5.41, 5.74) is 1.29. The number of ether oxygens (including phenoxy) is 2. The van der Waals surface area contributed by atoms with Gasteiger partial charge in [0.1, 0.15) is 23.5 Å². The van der Waals surface area contributed by atoms with Gasteiger partial charge < -0.3 is 14.8 Å². The van der Waals surface area contributed by atoms with Crippen LogP contribution in [0.15, 0.2) is 41.1 Å². The van der Waals surface area contributed by atoms with E-state index in [1.807, 2.05) is 12.1 Å². The Hall–Kier alpha value is -2.41. The summed E-state index contributed by atoms with van der Waals surface area (Å²) < 4.78 is 25.4. The number of fused-ring (bicyclic) bond motifs is 2. The molecule has 0 aliphatic carbocycles. The van der Waals surface area contributed by atoms with Crippen LogP contribution in [0.5, 0.6) is 11.5 Å². The van der Waals surface area contributed by atoms with Gasteiger partial charge in [0.05, 0.1) is 4.47 Å². The van der Waals surface area contributed by atoms with Crippen LogP contribution in [0.25, 0.3) is 10.9 Å². The molecule has 0 radical (unpaired) electrons. The van der Waals surface area contributed by atoms with Gasteiger partial charge in [-0.1, -0.05) is 6.07 Å². The van der Waals surface area contributed by atoms with Crippen molar-refractivity contribution in [2.45, 2.75) is 6.54 Å². The van der Waals surface area contributed by atoms with Crippen LogP contribution in [-0.4, -0.2) is 16.8 Å². The third-order valence-corrected chi connectivity index (χ3v) is 4.15. The van der Waals surface area contributed by atoms with Gasteiger partial charge in [-0.2, -0.15) is 0 Å². The zero-order valence-corrected chi connectivity index (χ0v) is 13.4. The van der Waals surface area contributed by atoms with E-state index < -0.39 is 0 Å². The van der Waals surface area contributed by atoms with E-state index in [0.29, 0.717) is 34.8 Å². The van der Waals surface area contributed by atoms with E-state index in [4.69, 9.17) is 9.47 Å². The molecule has 0 spiro atoms. The predicted octanol–water partition coefficient (Wildman–Crippen LogP) is 3.87. The van der Waals surface area contributed by atoms with Crippen LogP contribution in [-0.2, 0) is 6.54 Å². The molecule has 116 valence electrons. The van der Waals surface area contributed by atoms with Crippen LogP contribution in [0.3, 0.4) is 0 Å². The second-order valence-corrected chi connectivity index (χ2v) is 5.88. The lowest BCUT2D eigenvalue weighted by atomic mass is 10.2. The highest BCUT2D eigenvalue weighted by Crippen LogP contribution is 2.40. The van der Waals surface area contributed by atoms with Crippen molar-refractivity contribution in [1.82, 2.24) is 9.97 Å². The lowest BCUT2D eigenvalue weighted by Gasteiger charge is -2.10. The molecule has 5 nitrogen and oxygen atoms in total. The van der Waals surface area contributed by atoms with Crippen molar-refractivity contribution in [2.75, 3.05) is 12.1 Å². The molecule has 2 heterocycles. The Bertz CT molecular complexity index is 904. The molecule has 23 heavy (non-hydrogen) atoms. The van der Waals surface area contributed by atoms with Crippen molar-refractivity contribution in [3.63, 3.8) is 0 Å². The van der Waals surface area contributed by atoms with E-state index in [1.165, 1.54) is 12.4 Å². The van der Waals surface area contributed by atoms with Crippen LogP contribution in [0.2, 0.25) is 0 Å². The molecule has 4 rings (SSSR count). The van der Waals surface area contributed by atoms with Crippen molar-refractivity contribution in [3.05, 3.63) is 52.5 Å². The standard InChI is InChI=1S/C16H11BrFN3O2/c17-11-4-9(5-13-15(11)23-8-22-13)6-19-16-10-2-1-3-12(18)14(10)20-7-21-16/h1-5,7H,6,8H2,(H,19,20,21). The van der Waals surface area contributed by atoms with Gasteiger partial charge in [0, 0.05) is 11.9 Å². The summed E-state index contributed by atoms with van der Waals surface area (Å²) in [6, 6.07) is 8.67. The number of hydrogen-bond donors (Lipinski definition) is 1. The normalized spacial score (nSPS) is 12.6. The Balaban J connectivity index is 1.63. The first-order chi connectivity index (χ1) is 11.2. The first kappa shape index (κ1) is 14.2. The highest BCUT2D eigenvalue weighted by Gasteiger charge is 2.18. The van der Waals surface area contributed by atoms with E-state index in [1.54, 1.807) is 12.1 Å². The Morgan fingerprint density at radius 3 is 3.04 bits per heavy atom. The zero-order valence-electron chi connectivity index (χ0n) is 11.8. The lowest BCUT2D eigenvalue weighted by Crippen LogP contribution is -2.03. The molecule has 2 aromatic carbocycles. The third-order valence-electron chi connectivity index (χ3n) is 3.56. The smallest absolute Gasteiger partial charge is 0.231 e. The third kappa shape index (κ3) is 2.57. The van der Waals surface area contributed by atoms with E-state index in [-0.39, 0.29) is 12.6 Å². The molecule has 1 aliphatic heterocycles. The number of hydrogen-bond acceptors (Lipinski definition) is 5. The maximum atomic E-state index is 13.8. The summed E-state index contributed by atoms with van der Waals surface area (Å²) >= 11 is 3.47. The predicted molar refractivity (Wildman–Crippen MR) is 87.1 cm³/mol. The van der Waals surface area contributed by atoms with Crippen LogP contribution in [0, 0.1) is 5.82 Å². The minimum absolute atomic E-state index is 0.223. The van der Waals surface area contributed by atoms with Crippen molar-refractivity contribution >= 4 is 32.7 Å². The molecule has 1 aliphatic rings. The quantitative estimate of drug-likeness (QED) is 0.752. The van der Waals surface area contributed by atoms with E-state index in [2.05, 4.69) is 31.2 Å². The van der Waals surface area contributed by atoms with Gasteiger partial charge in [-0.15, -0.1) is 0 Å². The molecule has 3 aromatic rings. The number of halogens is 2. The van der Waals surface area contributed by atoms with Gasteiger partial charge in [0.15, 0.2) is 11.5 Å². The average molecular weight is 376 g/mol. The summed E-state index contributed by atoms with van der Waals surface area (Å²) in [7, 11) is 0. The molecule has 0 atom stereocenters. The minimum Gasteiger partial charge on any atom is -0.454 e. The topological polar surface area (TPSA) is 56.3 Å². The minimum atomic E-state index is -0.362. The molecule has 0 bridgehead atoms. The molecular formula is C16H11BrFN3O2. The highest BCUT2D eigenvalue weighted by atomic mass is 79.9. The van der Waals surface area contributed by atoms with Gasteiger partial charge in [0.2, 0.25) is 6.79 Å². The number of rotatable bonds is 3. The number of nitrogens with zero attached hydrogens (tertiary/aromatic N) is 2. The van der Waals surface area contributed by atoms with Gasteiger partial charge in [0.25, 0.3) is 0 Å². The Labute approximate surface area is 139 Å². The Kier molecular flexibility index (Phi) is 3.49. The first-order valence-electron chi connectivity index (χ1n) is 6.93. The van der Waals surface area contributed by atoms with Crippen molar-refractivity contribution in [3.8, 4) is 11.5 Å². The highest BCUT2D eigenvalue weighted by molar-refractivity contribution is 9.10. The van der Waals surface area contributed by atoms with Crippen LogP contribution >= 0.6 is 15.9 Å². The molecular weight excluding hydrogens is 365 g/mol. The molecule has 7 heteroatoms. The number of para-hydroxylation sites is 1. The summed E-state index contributed by atoms with van der Waals surface area (Å²) in [6.07, 6.45) is 1.35. The van der Waals surface area contributed by atoms with E-state index in [0.717, 1.165) is 10.0 Å². The van der Waals surface area contributed by atoms with Crippen LogP contribution < -0.4 is 14.8 Å². The molecule has 0 amide bonds. The Morgan fingerprint density at radius 1 is 1.22 bits per heavy atom. The molecule has 0 fully saturated rings. The number of anilines is 1. The van der Waals surface area contributed by atoms with E-state index in [9.17, 15) is 4.39 Å². The van der Waals surface area contributed by atoms with Crippen molar-refractivity contribution in [2.24, 2.45) is 0 Å². The molecule has 0 unspecified atom stereocenters. The summed E-state index contributed by atoms with van der Waals surface area (Å²) in [5, 5.41) is 3.86. The van der Waals surface area contributed by atoms with Crippen molar-refractivity contribution in [1.29, 1.82) is 0 Å². The molecule has 1 aromatic heterocycles. The number of aromatic nitrogens is 2. The van der Waals surface area contributed by atoms with Crippen LogP contribution in [0.1, 0.15) is 5.56 Å². The van der Waals surface area contributed by atoms with Crippen molar-refractivity contribution < 1.29 is 13.9 Å². The van der Waals surface area contributed by atoms with Gasteiger partial charge >= 0.3 is 0 Å². The fourth-order valence-electron chi connectivity index (χ4n) is 2.50. The zero-order chi connectivity index (χ0) is 15.8. The molecule has 0 saturated heterocycles. The van der Waals surface area contributed by atoms with Gasteiger partial charge in [-0.05, 0) is 45.8 Å². The lowest BCUT2D eigenvalue weighted by molar-refractivity contribution is 0.173. The average Bonchev–Trinajstić information content (AvgIpc) is 3.02. The fraction of sp³-hybridized carbons (Fsp3) is 0.125. The Morgan fingerprint density at radius 2 is 2.13 bits per heavy atom. The summed E-state index contributed by atoms with van der Waals surface area (Å²) in [5.74, 6) is 1.64. The SMILES string of the molecule is Fc1cccc2c(NCc3cc(Br)c4c(c3)OCO4)ncnc12. The second-order valence-electron chi connectivity index (χ2n) is 5.02. The maximum absolute atomic E-state index is 13.8. The summed E-state index contributed by atoms with van der Waals surface area (Å²) in [6.45, 7) is 0.735.